The highest BCUT2D eigenvalue weighted by atomic mass is 16.5. The highest BCUT2D eigenvalue weighted by Gasteiger charge is 2.20. The van der Waals surface area contributed by atoms with Crippen molar-refractivity contribution in [3.63, 3.8) is 0 Å². The summed E-state index contributed by atoms with van der Waals surface area (Å²) in [5.74, 6) is -1.03. The Labute approximate surface area is 213 Å². The topological polar surface area (TPSA) is 94.3 Å². The molecule has 0 fully saturated rings. The molecule has 8 heteroatoms. The lowest BCUT2D eigenvalue weighted by Gasteiger charge is -2.17. The Balaban J connectivity index is 1.42. The molecule has 1 atom stereocenters. The van der Waals surface area contributed by atoms with E-state index in [2.05, 4.69) is 10.3 Å². The van der Waals surface area contributed by atoms with Crippen molar-refractivity contribution >= 4 is 55.1 Å². The second-order valence-electron chi connectivity index (χ2n) is 9.18. The number of carbonyl (C=O) groups is 2. The average Bonchev–Trinajstić information content (AvgIpc) is 2.86. The summed E-state index contributed by atoms with van der Waals surface area (Å²) in [6.07, 6.45) is 1.84. The molecule has 0 radical (unpaired) electrons. The minimum Gasteiger partial charge on any atom is -0.457 e. The van der Waals surface area contributed by atoms with Gasteiger partial charge >= 0.3 is 5.97 Å². The number of pyridine rings is 1. The molecule has 0 saturated carbocycles. The first-order valence-corrected chi connectivity index (χ1v) is 12.0. The maximum Gasteiger partial charge on any atom is 0.338 e. The molecule has 1 amide bonds. The molecule has 0 aliphatic heterocycles. The van der Waals surface area contributed by atoms with Crippen LogP contribution in [-0.2, 0) is 16.1 Å². The number of benzene rings is 3. The molecule has 1 heterocycles. The van der Waals surface area contributed by atoms with E-state index in [-0.39, 0.29) is 25.0 Å². The van der Waals surface area contributed by atoms with E-state index in [0.29, 0.717) is 5.56 Å². The molecule has 0 unspecified atom stereocenters. The Morgan fingerprint density at radius 2 is 1.78 bits per heavy atom. The van der Waals surface area contributed by atoms with Crippen molar-refractivity contribution in [2.45, 2.75) is 26.4 Å². The Bertz CT molecular complexity index is 1440. The van der Waals surface area contributed by atoms with Gasteiger partial charge in [-0.1, -0.05) is 53.5 Å². The molecule has 0 aliphatic carbocycles. The highest BCUT2D eigenvalue weighted by molar-refractivity contribution is 6.51. The summed E-state index contributed by atoms with van der Waals surface area (Å²) in [6.45, 7) is 4.20. The molecular formula is C28H29B2N3O3. The molecule has 3 aromatic carbocycles. The lowest BCUT2D eigenvalue weighted by molar-refractivity contribution is -0.117. The average molecular weight is 477 g/mol. The standard InChI is InChI=1S/C28H29B2N3O3/c1-16-3-10-22(17(2)11-16)28(35)36-15-18-4-6-19(7-5-18)24(13-31)27(34)33-21-9-8-20-14-32-26(30)25(29)23(20)12-21/h3-12,14,24H,13,15,29-31H2,1-2H3,(H,33,34)/t24-/m1/s1. The number of nitrogens with two attached hydrogens (primary N) is 1. The van der Waals surface area contributed by atoms with Gasteiger partial charge in [-0.25, -0.2) is 4.79 Å². The monoisotopic (exact) mass is 477 g/mol. The van der Waals surface area contributed by atoms with E-state index in [9.17, 15) is 9.59 Å². The van der Waals surface area contributed by atoms with Crippen molar-refractivity contribution in [1.82, 2.24) is 4.98 Å². The number of amides is 1. The number of esters is 1. The predicted molar refractivity (Wildman–Crippen MR) is 150 cm³/mol. The summed E-state index contributed by atoms with van der Waals surface area (Å²) in [6, 6.07) is 18.9. The van der Waals surface area contributed by atoms with Gasteiger partial charge in [-0.2, -0.15) is 0 Å². The number of fused-ring (bicyclic) bond motifs is 1. The number of ether oxygens (including phenoxy) is 1. The number of nitrogens with one attached hydrogen (secondary N) is 1. The normalized spacial score (nSPS) is 11.8. The number of rotatable bonds is 7. The number of anilines is 1. The van der Waals surface area contributed by atoms with Crippen LogP contribution in [0.15, 0.2) is 66.9 Å². The van der Waals surface area contributed by atoms with Crippen molar-refractivity contribution in [2.75, 3.05) is 11.9 Å². The number of hydrogen-bond donors (Lipinski definition) is 2. The fourth-order valence-electron chi connectivity index (χ4n) is 4.27. The fraction of sp³-hybridized carbons (Fsp3) is 0.179. The second kappa shape index (κ2) is 10.8. The van der Waals surface area contributed by atoms with Crippen molar-refractivity contribution in [1.29, 1.82) is 0 Å². The largest absolute Gasteiger partial charge is 0.457 e. The molecule has 3 N–H and O–H groups in total. The summed E-state index contributed by atoms with van der Waals surface area (Å²) in [4.78, 5) is 29.9. The van der Waals surface area contributed by atoms with Gasteiger partial charge in [0.15, 0.2) is 7.85 Å². The number of nitrogens with zero attached hydrogens (tertiary/aromatic N) is 1. The van der Waals surface area contributed by atoms with Crippen LogP contribution in [0, 0.1) is 13.8 Å². The van der Waals surface area contributed by atoms with Crippen molar-refractivity contribution < 1.29 is 14.3 Å². The molecule has 0 aliphatic rings. The predicted octanol–water partition coefficient (Wildman–Crippen LogP) is 1.41. The number of aromatic nitrogens is 1. The second-order valence-corrected chi connectivity index (χ2v) is 9.18. The van der Waals surface area contributed by atoms with Crippen molar-refractivity contribution in [2.24, 2.45) is 5.73 Å². The summed E-state index contributed by atoms with van der Waals surface area (Å²) in [5, 5.41) is 5.09. The Morgan fingerprint density at radius 1 is 1.03 bits per heavy atom. The quantitative estimate of drug-likeness (QED) is 0.310. The lowest BCUT2D eigenvalue weighted by atomic mass is 9.82. The van der Waals surface area contributed by atoms with E-state index < -0.39 is 5.92 Å². The van der Waals surface area contributed by atoms with Crippen LogP contribution in [0.1, 0.15) is 38.5 Å². The van der Waals surface area contributed by atoms with E-state index in [1.807, 2.05) is 90.3 Å². The van der Waals surface area contributed by atoms with E-state index in [1.54, 1.807) is 6.07 Å². The molecule has 0 bridgehead atoms. The molecular weight excluding hydrogens is 448 g/mol. The van der Waals surface area contributed by atoms with Gasteiger partial charge in [0.25, 0.3) is 0 Å². The molecule has 6 nitrogen and oxygen atoms in total. The first kappa shape index (κ1) is 25.2. The van der Waals surface area contributed by atoms with Gasteiger partial charge in [0, 0.05) is 18.4 Å². The van der Waals surface area contributed by atoms with Crippen molar-refractivity contribution in [3.05, 3.63) is 94.7 Å². The van der Waals surface area contributed by atoms with Gasteiger partial charge in [-0.05, 0) is 65.1 Å². The molecule has 36 heavy (non-hydrogen) atoms. The van der Waals surface area contributed by atoms with Gasteiger partial charge in [0.1, 0.15) is 14.5 Å². The summed E-state index contributed by atoms with van der Waals surface area (Å²) in [5.41, 5.74) is 12.9. The Morgan fingerprint density at radius 3 is 2.47 bits per heavy atom. The summed E-state index contributed by atoms with van der Waals surface area (Å²) in [7, 11) is 4.00. The minimum absolute atomic E-state index is 0.149. The van der Waals surface area contributed by atoms with Crippen molar-refractivity contribution in [3.8, 4) is 0 Å². The summed E-state index contributed by atoms with van der Waals surface area (Å²) >= 11 is 0. The zero-order chi connectivity index (χ0) is 25.8. The van der Waals surface area contributed by atoms with Gasteiger partial charge in [-0.15, -0.1) is 0 Å². The van der Waals surface area contributed by atoms with E-state index >= 15 is 0 Å². The van der Waals surface area contributed by atoms with Crippen LogP contribution in [0.3, 0.4) is 0 Å². The third kappa shape index (κ3) is 5.50. The third-order valence-corrected chi connectivity index (χ3v) is 6.57. The SMILES string of the molecule is Bc1ncc2ccc(NC(=O)[C@H](CN)c3ccc(COC(=O)c4ccc(C)cc4C)cc3)cc2c1B. The van der Waals surface area contributed by atoms with Crippen LogP contribution < -0.4 is 22.1 Å². The maximum absolute atomic E-state index is 13.1. The molecule has 0 saturated heterocycles. The van der Waals surface area contributed by atoms with Gasteiger partial charge in [-0.3, -0.25) is 9.78 Å². The lowest BCUT2D eigenvalue weighted by Crippen LogP contribution is -2.29. The van der Waals surface area contributed by atoms with E-state index in [0.717, 1.165) is 49.8 Å². The highest BCUT2D eigenvalue weighted by Crippen LogP contribution is 2.21. The fourth-order valence-corrected chi connectivity index (χ4v) is 4.27. The Hall–Kier alpha value is -3.90. The third-order valence-electron chi connectivity index (χ3n) is 6.57. The van der Waals surface area contributed by atoms with Crippen LogP contribution in [0.25, 0.3) is 10.8 Å². The molecule has 4 aromatic rings. The first-order valence-electron chi connectivity index (χ1n) is 12.0. The number of hydrogen-bond acceptors (Lipinski definition) is 5. The van der Waals surface area contributed by atoms with E-state index in [4.69, 9.17) is 10.5 Å². The Kier molecular flexibility index (Phi) is 7.55. The number of carbonyl (C=O) groups excluding carboxylic acids is 2. The van der Waals surface area contributed by atoms with Crippen LogP contribution >= 0.6 is 0 Å². The molecule has 4 rings (SSSR count). The number of aryl methyl sites for hydroxylation is 2. The van der Waals surface area contributed by atoms with Crippen LogP contribution in [0.2, 0.25) is 0 Å². The zero-order valence-corrected chi connectivity index (χ0v) is 21.1. The van der Waals surface area contributed by atoms with Gasteiger partial charge in [0.2, 0.25) is 5.91 Å². The van der Waals surface area contributed by atoms with Crippen LogP contribution in [-0.4, -0.2) is 39.1 Å². The van der Waals surface area contributed by atoms with Crippen LogP contribution in [0.4, 0.5) is 5.69 Å². The molecule has 1 aromatic heterocycles. The van der Waals surface area contributed by atoms with E-state index in [1.165, 1.54) is 0 Å². The smallest absolute Gasteiger partial charge is 0.338 e. The maximum atomic E-state index is 13.1. The first-order chi connectivity index (χ1) is 17.3. The summed E-state index contributed by atoms with van der Waals surface area (Å²) < 4.78 is 5.49. The molecule has 0 spiro atoms. The van der Waals surface area contributed by atoms with Crippen LogP contribution in [0.5, 0.6) is 0 Å². The molecule has 180 valence electrons. The van der Waals surface area contributed by atoms with Gasteiger partial charge < -0.3 is 15.8 Å². The van der Waals surface area contributed by atoms with Gasteiger partial charge in [0.05, 0.1) is 11.5 Å². The minimum atomic E-state index is -0.507. The zero-order valence-electron chi connectivity index (χ0n) is 21.1.